The molecule has 0 saturated carbocycles. The second-order valence-corrected chi connectivity index (χ2v) is 6.34. The van der Waals surface area contributed by atoms with Crippen molar-refractivity contribution >= 4 is 11.9 Å². The number of methoxy groups -OCH3 is 2. The predicted octanol–water partition coefficient (Wildman–Crippen LogP) is 3.16. The van der Waals surface area contributed by atoms with E-state index in [4.69, 9.17) is 14.2 Å². The van der Waals surface area contributed by atoms with Gasteiger partial charge in [0.25, 0.3) is 5.91 Å². The van der Waals surface area contributed by atoms with Crippen LogP contribution in [-0.2, 0) is 9.53 Å². The number of hydrogen-bond acceptors (Lipinski definition) is 6. The van der Waals surface area contributed by atoms with Gasteiger partial charge in [-0.1, -0.05) is 30.3 Å². The first-order chi connectivity index (χ1) is 14.6. The molecule has 0 aliphatic carbocycles. The quantitative estimate of drug-likeness (QED) is 0.579. The van der Waals surface area contributed by atoms with Crippen molar-refractivity contribution < 1.29 is 23.8 Å². The number of rotatable bonds is 8. The van der Waals surface area contributed by atoms with Gasteiger partial charge in [0, 0.05) is 6.20 Å². The minimum absolute atomic E-state index is 0.146. The number of esters is 1. The first kappa shape index (κ1) is 20.9. The van der Waals surface area contributed by atoms with Gasteiger partial charge < -0.3 is 19.5 Å². The third-order valence-corrected chi connectivity index (χ3v) is 4.41. The van der Waals surface area contributed by atoms with Crippen LogP contribution in [0.25, 0.3) is 0 Å². The van der Waals surface area contributed by atoms with Crippen LogP contribution in [0.3, 0.4) is 0 Å². The monoisotopic (exact) mass is 406 g/mol. The minimum Gasteiger partial charge on any atom is -0.497 e. The van der Waals surface area contributed by atoms with Crippen LogP contribution in [0.15, 0.2) is 72.9 Å². The molecule has 0 atom stereocenters. The number of carbonyl (C=O) groups excluding carboxylic acids is 2. The van der Waals surface area contributed by atoms with Crippen LogP contribution < -0.4 is 14.8 Å². The third kappa shape index (κ3) is 5.35. The first-order valence-corrected chi connectivity index (χ1v) is 9.26. The Morgan fingerprint density at radius 2 is 1.43 bits per heavy atom. The van der Waals surface area contributed by atoms with Gasteiger partial charge in [-0.2, -0.15) is 0 Å². The first-order valence-electron chi connectivity index (χ1n) is 9.26. The van der Waals surface area contributed by atoms with E-state index >= 15 is 0 Å². The van der Waals surface area contributed by atoms with Crippen LogP contribution in [0.2, 0.25) is 0 Å². The zero-order valence-corrected chi connectivity index (χ0v) is 16.7. The number of nitrogens with one attached hydrogen (secondary N) is 1. The number of aromatic nitrogens is 1. The summed E-state index contributed by atoms with van der Waals surface area (Å²) < 4.78 is 15.5. The fourth-order valence-corrected chi connectivity index (χ4v) is 2.84. The van der Waals surface area contributed by atoms with Crippen molar-refractivity contribution in [3.63, 3.8) is 0 Å². The van der Waals surface area contributed by atoms with Crippen LogP contribution in [0, 0.1) is 0 Å². The molecule has 1 amide bonds. The van der Waals surface area contributed by atoms with Crippen molar-refractivity contribution in [2.75, 3.05) is 20.8 Å². The topological polar surface area (TPSA) is 86.8 Å². The highest BCUT2D eigenvalue weighted by atomic mass is 16.5. The number of ether oxygens (including phenoxy) is 3. The summed E-state index contributed by atoms with van der Waals surface area (Å²) in [6.45, 7) is -0.418. The van der Waals surface area contributed by atoms with Gasteiger partial charge in [-0.3, -0.25) is 4.79 Å². The molecule has 154 valence electrons. The van der Waals surface area contributed by atoms with Gasteiger partial charge in [-0.05, 0) is 47.5 Å². The van der Waals surface area contributed by atoms with Crippen LogP contribution in [0.5, 0.6) is 11.5 Å². The lowest BCUT2D eigenvalue weighted by Gasteiger charge is -2.20. The smallest absolute Gasteiger partial charge is 0.357 e. The van der Waals surface area contributed by atoms with E-state index in [-0.39, 0.29) is 5.69 Å². The fraction of sp³-hybridized carbons (Fsp3) is 0.174. The molecule has 0 unspecified atom stereocenters. The molecule has 0 bridgehead atoms. The van der Waals surface area contributed by atoms with Crippen molar-refractivity contribution in [3.05, 3.63) is 89.7 Å². The fourth-order valence-electron chi connectivity index (χ4n) is 2.84. The number of hydrogen-bond donors (Lipinski definition) is 1. The number of pyridine rings is 1. The summed E-state index contributed by atoms with van der Waals surface area (Å²) in [4.78, 5) is 28.5. The Hall–Kier alpha value is -3.87. The zero-order valence-electron chi connectivity index (χ0n) is 16.7. The van der Waals surface area contributed by atoms with Crippen LogP contribution in [-0.4, -0.2) is 37.7 Å². The molecular formula is C23H22N2O5. The Labute approximate surface area is 174 Å². The lowest BCUT2D eigenvalue weighted by molar-refractivity contribution is -0.124. The van der Waals surface area contributed by atoms with E-state index in [0.717, 1.165) is 11.1 Å². The lowest BCUT2D eigenvalue weighted by atomic mass is 9.98. The summed E-state index contributed by atoms with van der Waals surface area (Å²) in [5, 5.41) is 2.91. The molecule has 2 aromatic carbocycles. The molecule has 1 heterocycles. The summed E-state index contributed by atoms with van der Waals surface area (Å²) in [6, 6.07) is 19.2. The summed E-state index contributed by atoms with van der Waals surface area (Å²) in [6.07, 6.45) is 1.49. The molecule has 1 N–H and O–H groups in total. The van der Waals surface area contributed by atoms with E-state index in [0.29, 0.717) is 11.5 Å². The average molecular weight is 406 g/mol. The van der Waals surface area contributed by atoms with Crippen molar-refractivity contribution in [2.45, 2.75) is 6.04 Å². The predicted molar refractivity (Wildman–Crippen MR) is 110 cm³/mol. The Kier molecular flexibility index (Phi) is 7.00. The normalized spacial score (nSPS) is 10.4. The molecule has 0 aliphatic heterocycles. The van der Waals surface area contributed by atoms with Gasteiger partial charge in [-0.25, -0.2) is 9.78 Å². The average Bonchev–Trinajstić information content (AvgIpc) is 2.81. The molecule has 30 heavy (non-hydrogen) atoms. The lowest BCUT2D eigenvalue weighted by Crippen LogP contribution is -2.33. The summed E-state index contributed by atoms with van der Waals surface area (Å²) in [5.74, 6) is 0.331. The standard InChI is InChI=1S/C23H22N2O5/c1-28-18-10-6-16(7-11-18)22(17-8-12-19(29-2)13-9-17)25-21(26)15-30-23(27)20-5-3-4-14-24-20/h3-14,22H,15H2,1-2H3,(H,25,26). The van der Waals surface area contributed by atoms with E-state index in [2.05, 4.69) is 10.3 Å². The molecule has 7 nitrogen and oxygen atoms in total. The Morgan fingerprint density at radius 3 is 1.90 bits per heavy atom. The number of nitrogens with zero attached hydrogens (tertiary/aromatic N) is 1. The van der Waals surface area contributed by atoms with Gasteiger partial charge in [-0.15, -0.1) is 0 Å². The second kappa shape index (κ2) is 10.1. The van der Waals surface area contributed by atoms with Crippen LogP contribution in [0.4, 0.5) is 0 Å². The van der Waals surface area contributed by atoms with Crippen molar-refractivity contribution in [1.29, 1.82) is 0 Å². The van der Waals surface area contributed by atoms with Gasteiger partial charge in [0.1, 0.15) is 17.2 Å². The maximum atomic E-state index is 12.5. The molecule has 0 spiro atoms. The van der Waals surface area contributed by atoms with Crippen LogP contribution >= 0.6 is 0 Å². The molecule has 0 fully saturated rings. The van der Waals surface area contributed by atoms with E-state index in [9.17, 15) is 9.59 Å². The van der Waals surface area contributed by atoms with Crippen LogP contribution in [0.1, 0.15) is 27.7 Å². The van der Waals surface area contributed by atoms with Gasteiger partial charge >= 0.3 is 5.97 Å². The largest absolute Gasteiger partial charge is 0.497 e. The molecule has 3 rings (SSSR count). The number of carbonyl (C=O) groups is 2. The number of amides is 1. The van der Waals surface area contributed by atoms with E-state index in [1.165, 1.54) is 12.3 Å². The second-order valence-electron chi connectivity index (χ2n) is 6.34. The zero-order chi connectivity index (χ0) is 21.3. The Balaban J connectivity index is 1.73. The summed E-state index contributed by atoms with van der Waals surface area (Å²) in [5.41, 5.74) is 1.85. The summed E-state index contributed by atoms with van der Waals surface area (Å²) in [7, 11) is 3.18. The highest BCUT2D eigenvalue weighted by Gasteiger charge is 2.19. The van der Waals surface area contributed by atoms with Gasteiger partial charge in [0.2, 0.25) is 0 Å². The maximum absolute atomic E-state index is 12.5. The van der Waals surface area contributed by atoms with Crippen molar-refractivity contribution in [1.82, 2.24) is 10.3 Å². The molecule has 1 aromatic heterocycles. The summed E-state index contributed by atoms with van der Waals surface area (Å²) >= 11 is 0. The van der Waals surface area contributed by atoms with Gasteiger partial charge in [0.05, 0.1) is 20.3 Å². The molecule has 7 heteroatoms. The highest BCUT2D eigenvalue weighted by Crippen LogP contribution is 2.26. The molecule has 0 aliphatic rings. The Bertz CT molecular complexity index is 925. The third-order valence-electron chi connectivity index (χ3n) is 4.41. The maximum Gasteiger partial charge on any atom is 0.357 e. The molecule has 0 saturated heterocycles. The van der Waals surface area contributed by atoms with Crippen molar-refractivity contribution in [3.8, 4) is 11.5 Å². The van der Waals surface area contributed by atoms with E-state index in [1.54, 1.807) is 26.4 Å². The Morgan fingerprint density at radius 1 is 0.867 bits per heavy atom. The van der Waals surface area contributed by atoms with Gasteiger partial charge in [0.15, 0.2) is 6.61 Å². The number of benzene rings is 2. The molecule has 3 aromatic rings. The molecule has 0 radical (unpaired) electrons. The minimum atomic E-state index is -0.656. The van der Waals surface area contributed by atoms with E-state index < -0.39 is 24.5 Å². The van der Waals surface area contributed by atoms with E-state index in [1.807, 2.05) is 48.5 Å². The van der Waals surface area contributed by atoms with Crippen molar-refractivity contribution in [2.24, 2.45) is 0 Å². The highest BCUT2D eigenvalue weighted by molar-refractivity contribution is 5.89. The molecular weight excluding hydrogens is 384 g/mol. The SMILES string of the molecule is COc1ccc(C(NC(=O)COC(=O)c2ccccn2)c2ccc(OC)cc2)cc1.